The summed E-state index contributed by atoms with van der Waals surface area (Å²) in [6, 6.07) is 13.0. The van der Waals surface area contributed by atoms with Gasteiger partial charge in [-0.15, -0.1) is 0 Å². The maximum atomic E-state index is 12.4. The number of carbonyl (C=O) groups excluding carboxylic acids is 1. The van der Waals surface area contributed by atoms with E-state index in [2.05, 4.69) is 4.98 Å². The van der Waals surface area contributed by atoms with Gasteiger partial charge in [-0.05, 0) is 17.7 Å². The molecule has 5 nitrogen and oxygen atoms in total. The lowest BCUT2D eigenvalue weighted by Crippen LogP contribution is -2.35. The predicted octanol–water partition coefficient (Wildman–Crippen LogP) is 0.942. The molecule has 1 amide bonds. The molecule has 1 fully saturated rings. The van der Waals surface area contributed by atoms with Crippen molar-refractivity contribution in [2.24, 2.45) is 5.73 Å². The van der Waals surface area contributed by atoms with Crippen LogP contribution in [0.5, 0.6) is 0 Å². The van der Waals surface area contributed by atoms with Crippen LogP contribution < -0.4 is 11.3 Å². The molecule has 2 heterocycles. The molecule has 0 spiro atoms. The van der Waals surface area contributed by atoms with E-state index in [9.17, 15) is 9.59 Å². The zero-order valence-corrected chi connectivity index (χ0v) is 11.5. The highest BCUT2D eigenvalue weighted by molar-refractivity contribution is 5.94. The van der Waals surface area contributed by atoms with Crippen molar-refractivity contribution >= 4 is 5.91 Å². The van der Waals surface area contributed by atoms with Crippen LogP contribution in [0.15, 0.2) is 53.5 Å². The van der Waals surface area contributed by atoms with Crippen LogP contribution in [-0.4, -0.2) is 34.9 Å². The fourth-order valence-corrected chi connectivity index (χ4v) is 2.81. The summed E-state index contributed by atoms with van der Waals surface area (Å²) in [5.74, 6) is -0.149. The lowest BCUT2D eigenvalue weighted by molar-refractivity contribution is 0.0787. The molecule has 2 atom stereocenters. The van der Waals surface area contributed by atoms with Crippen molar-refractivity contribution in [3.8, 4) is 0 Å². The first-order valence-electron chi connectivity index (χ1n) is 6.94. The number of hydrogen-bond donors (Lipinski definition) is 2. The SMILES string of the molecule is N[C@@H]1CN(C(=O)c2ccc[nH]c2=O)C[C@H]1c1ccccc1. The second-order valence-corrected chi connectivity index (χ2v) is 5.30. The van der Waals surface area contributed by atoms with Gasteiger partial charge >= 0.3 is 0 Å². The summed E-state index contributed by atoms with van der Waals surface area (Å²) in [5.41, 5.74) is 7.11. The van der Waals surface area contributed by atoms with Crippen molar-refractivity contribution in [1.82, 2.24) is 9.88 Å². The zero-order valence-electron chi connectivity index (χ0n) is 11.5. The molecule has 3 N–H and O–H groups in total. The molecule has 108 valence electrons. The van der Waals surface area contributed by atoms with Gasteiger partial charge in [0.15, 0.2) is 0 Å². The number of pyridine rings is 1. The minimum absolute atomic E-state index is 0.109. The van der Waals surface area contributed by atoms with Crippen LogP contribution in [0.3, 0.4) is 0 Å². The molecule has 1 aliphatic rings. The van der Waals surface area contributed by atoms with Crippen LogP contribution in [0.25, 0.3) is 0 Å². The topological polar surface area (TPSA) is 79.2 Å². The van der Waals surface area contributed by atoms with Crippen molar-refractivity contribution in [2.75, 3.05) is 13.1 Å². The minimum atomic E-state index is -0.362. The fraction of sp³-hybridized carbons (Fsp3) is 0.250. The molecule has 5 heteroatoms. The second-order valence-electron chi connectivity index (χ2n) is 5.30. The molecular formula is C16H17N3O2. The average molecular weight is 283 g/mol. The van der Waals surface area contributed by atoms with Crippen LogP contribution in [0.2, 0.25) is 0 Å². The van der Waals surface area contributed by atoms with E-state index in [-0.39, 0.29) is 29.0 Å². The van der Waals surface area contributed by atoms with Crippen molar-refractivity contribution in [1.29, 1.82) is 0 Å². The van der Waals surface area contributed by atoms with E-state index >= 15 is 0 Å². The van der Waals surface area contributed by atoms with E-state index in [0.717, 1.165) is 5.56 Å². The number of likely N-dealkylation sites (tertiary alicyclic amines) is 1. The summed E-state index contributed by atoms with van der Waals surface area (Å²) in [7, 11) is 0. The monoisotopic (exact) mass is 283 g/mol. The summed E-state index contributed by atoms with van der Waals surface area (Å²) >= 11 is 0. The van der Waals surface area contributed by atoms with Gasteiger partial charge in [0.1, 0.15) is 5.56 Å². The summed E-state index contributed by atoms with van der Waals surface area (Å²) in [6.07, 6.45) is 1.52. The lowest BCUT2D eigenvalue weighted by Gasteiger charge is -2.16. The smallest absolute Gasteiger partial charge is 0.260 e. The number of H-pyrrole nitrogens is 1. The predicted molar refractivity (Wildman–Crippen MR) is 80.1 cm³/mol. The number of hydrogen-bond acceptors (Lipinski definition) is 3. The van der Waals surface area contributed by atoms with Crippen LogP contribution >= 0.6 is 0 Å². The molecule has 0 bridgehead atoms. The molecule has 0 saturated carbocycles. The van der Waals surface area contributed by atoms with Gasteiger partial charge in [0, 0.05) is 31.2 Å². The lowest BCUT2D eigenvalue weighted by atomic mass is 9.95. The highest BCUT2D eigenvalue weighted by Gasteiger charge is 2.34. The quantitative estimate of drug-likeness (QED) is 0.861. The Kier molecular flexibility index (Phi) is 3.58. The van der Waals surface area contributed by atoms with Crippen molar-refractivity contribution in [3.63, 3.8) is 0 Å². The van der Waals surface area contributed by atoms with E-state index in [4.69, 9.17) is 5.73 Å². The molecule has 0 radical (unpaired) electrons. The number of amides is 1. The number of aromatic amines is 1. The van der Waals surface area contributed by atoms with E-state index in [1.807, 2.05) is 30.3 Å². The Labute approximate surface area is 122 Å². The number of nitrogens with two attached hydrogens (primary N) is 1. The van der Waals surface area contributed by atoms with E-state index in [1.54, 1.807) is 17.0 Å². The number of nitrogens with one attached hydrogen (secondary N) is 1. The number of carbonyl (C=O) groups is 1. The van der Waals surface area contributed by atoms with Crippen molar-refractivity contribution in [2.45, 2.75) is 12.0 Å². The number of aromatic nitrogens is 1. The summed E-state index contributed by atoms with van der Waals surface area (Å²) in [6.45, 7) is 1.01. The minimum Gasteiger partial charge on any atom is -0.336 e. The molecule has 1 aromatic heterocycles. The molecule has 0 unspecified atom stereocenters. The second kappa shape index (κ2) is 5.54. The highest BCUT2D eigenvalue weighted by atomic mass is 16.2. The van der Waals surface area contributed by atoms with Gasteiger partial charge < -0.3 is 15.6 Å². The highest BCUT2D eigenvalue weighted by Crippen LogP contribution is 2.26. The van der Waals surface area contributed by atoms with E-state index in [0.29, 0.717) is 13.1 Å². The summed E-state index contributed by atoms with van der Waals surface area (Å²) in [4.78, 5) is 28.3. The third-order valence-corrected chi connectivity index (χ3v) is 3.93. The Morgan fingerprint density at radius 2 is 1.90 bits per heavy atom. The largest absolute Gasteiger partial charge is 0.336 e. The van der Waals surface area contributed by atoms with Gasteiger partial charge in [0.25, 0.3) is 11.5 Å². The first-order valence-corrected chi connectivity index (χ1v) is 6.94. The maximum Gasteiger partial charge on any atom is 0.260 e. The molecule has 1 aliphatic heterocycles. The van der Waals surface area contributed by atoms with Crippen LogP contribution in [0, 0.1) is 0 Å². The Hall–Kier alpha value is -2.40. The Bertz CT molecular complexity index is 696. The van der Waals surface area contributed by atoms with Gasteiger partial charge in [-0.25, -0.2) is 0 Å². The molecule has 21 heavy (non-hydrogen) atoms. The Morgan fingerprint density at radius 1 is 1.14 bits per heavy atom. The van der Waals surface area contributed by atoms with Gasteiger partial charge in [-0.3, -0.25) is 9.59 Å². The molecule has 3 rings (SSSR count). The van der Waals surface area contributed by atoms with Crippen molar-refractivity contribution < 1.29 is 4.79 Å². The maximum absolute atomic E-state index is 12.4. The van der Waals surface area contributed by atoms with Crippen molar-refractivity contribution in [3.05, 3.63) is 70.1 Å². The van der Waals surface area contributed by atoms with Gasteiger partial charge in [-0.2, -0.15) is 0 Å². The zero-order chi connectivity index (χ0) is 14.8. The van der Waals surface area contributed by atoms with E-state index in [1.165, 1.54) is 6.20 Å². The fourth-order valence-electron chi connectivity index (χ4n) is 2.81. The third kappa shape index (κ3) is 2.60. The van der Waals surface area contributed by atoms with Crippen LogP contribution in [-0.2, 0) is 0 Å². The molecular weight excluding hydrogens is 266 g/mol. The van der Waals surface area contributed by atoms with Crippen LogP contribution in [0.1, 0.15) is 21.8 Å². The molecule has 2 aromatic rings. The third-order valence-electron chi connectivity index (χ3n) is 3.93. The molecule has 0 aliphatic carbocycles. The van der Waals surface area contributed by atoms with Gasteiger partial charge in [0.05, 0.1) is 0 Å². The molecule has 1 saturated heterocycles. The number of rotatable bonds is 2. The van der Waals surface area contributed by atoms with E-state index < -0.39 is 0 Å². The average Bonchev–Trinajstić information content (AvgIpc) is 2.90. The van der Waals surface area contributed by atoms with Crippen LogP contribution in [0.4, 0.5) is 0 Å². The Balaban J connectivity index is 1.82. The summed E-state index contributed by atoms with van der Waals surface area (Å²) in [5, 5.41) is 0. The first-order chi connectivity index (χ1) is 10.2. The normalized spacial score (nSPS) is 21.5. The number of nitrogens with zero attached hydrogens (tertiary/aromatic N) is 1. The molecule has 1 aromatic carbocycles. The Morgan fingerprint density at radius 3 is 2.62 bits per heavy atom. The van der Waals surface area contributed by atoms with Gasteiger partial charge in [-0.1, -0.05) is 30.3 Å². The first kappa shape index (κ1) is 13.6. The van der Waals surface area contributed by atoms with Gasteiger partial charge in [0.2, 0.25) is 0 Å². The summed E-state index contributed by atoms with van der Waals surface area (Å²) < 4.78 is 0. The standard InChI is InChI=1S/C16H17N3O2/c17-14-10-19(9-13(14)11-5-2-1-3-6-11)16(21)12-7-4-8-18-15(12)20/h1-8,13-14H,9-10,17H2,(H,18,20)/t13-,14+/m0/s1. The number of benzene rings is 1.